The molecule has 11 nitrogen and oxygen atoms in total. The first-order valence-electron chi connectivity index (χ1n) is 12.9. The summed E-state index contributed by atoms with van der Waals surface area (Å²) in [7, 11) is -1.97. The fourth-order valence-electron chi connectivity index (χ4n) is 4.87. The van der Waals surface area contributed by atoms with E-state index in [9.17, 15) is 18.0 Å². The Morgan fingerprint density at radius 2 is 1.76 bits per heavy atom. The minimum absolute atomic E-state index is 0.0151. The van der Waals surface area contributed by atoms with E-state index in [1.54, 1.807) is 60.0 Å². The zero-order chi connectivity index (χ0) is 28.6. The Kier molecular flexibility index (Phi) is 7.24. The molecule has 41 heavy (non-hydrogen) atoms. The minimum Gasteiger partial charge on any atom is -0.497 e. The number of carbonyl (C=O) groups is 1. The number of nitrogens with zero attached hydrogens (tertiary/aromatic N) is 5. The molecule has 0 bridgehead atoms. The van der Waals surface area contributed by atoms with Crippen molar-refractivity contribution in [3.63, 3.8) is 0 Å². The average molecular weight is 591 g/mol. The quantitative estimate of drug-likeness (QED) is 0.272. The highest BCUT2D eigenvalue weighted by atomic mass is 32.2. The number of sulfonamides is 1. The summed E-state index contributed by atoms with van der Waals surface area (Å²) in [5.41, 5.74) is 1.42. The number of aromatic nitrogens is 4. The van der Waals surface area contributed by atoms with Crippen LogP contribution in [0.2, 0.25) is 0 Å². The summed E-state index contributed by atoms with van der Waals surface area (Å²) in [5, 5.41) is 12.3. The van der Waals surface area contributed by atoms with Gasteiger partial charge >= 0.3 is 0 Å². The lowest BCUT2D eigenvalue weighted by atomic mass is 10.2. The third-order valence-corrected chi connectivity index (χ3v) is 9.72. The second kappa shape index (κ2) is 11.0. The average Bonchev–Trinajstić information content (AvgIpc) is 3.68. The van der Waals surface area contributed by atoms with Gasteiger partial charge in [0.15, 0.2) is 5.16 Å². The minimum atomic E-state index is -3.53. The summed E-state index contributed by atoms with van der Waals surface area (Å²) in [5.74, 6) is 0.612. The lowest BCUT2D eigenvalue weighted by molar-refractivity contribution is -0.113. The first kappa shape index (κ1) is 27.0. The molecule has 210 valence electrons. The van der Waals surface area contributed by atoms with Crippen molar-refractivity contribution in [3.8, 4) is 11.4 Å². The number of hydrogen-bond acceptors (Lipinski definition) is 8. The summed E-state index contributed by atoms with van der Waals surface area (Å²) in [6.07, 6.45) is 1.72. The van der Waals surface area contributed by atoms with E-state index in [4.69, 9.17) is 4.74 Å². The van der Waals surface area contributed by atoms with Crippen LogP contribution in [0.1, 0.15) is 12.8 Å². The molecule has 1 fully saturated rings. The molecule has 3 heterocycles. The smallest absolute Gasteiger partial charge is 0.267 e. The number of amides is 1. The van der Waals surface area contributed by atoms with Crippen molar-refractivity contribution in [2.24, 2.45) is 0 Å². The Morgan fingerprint density at radius 1 is 1.00 bits per heavy atom. The van der Waals surface area contributed by atoms with Crippen LogP contribution in [-0.4, -0.2) is 63.7 Å². The van der Waals surface area contributed by atoms with Gasteiger partial charge in [-0.1, -0.05) is 30.0 Å². The maximum Gasteiger partial charge on any atom is 0.267 e. The van der Waals surface area contributed by atoms with Crippen LogP contribution in [0.15, 0.2) is 87.6 Å². The molecule has 0 unspecified atom stereocenters. The zero-order valence-electron chi connectivity index (χ0n) is 22.1. The molecule has 0 aliphatic carbocycles. The molecule has 0 saturated carbocycles. The molecule has 1 saturated heterocycles. The second-order valence-electron chi connectivity index (χ2n) is 9.45. The van der Waals surface area contributed by atoms with Crippen molar-refractivity contribution in [1.29, 1.82) is 0 Å². The number of methoxy groups -OCH3 is 1. The van der Waals surface area contributed by atoms with Crippen LogP contribution in [0.5, 0.6) is 5.75 Å². The molecule has 13 heteroatoms. The van der Waals surface area contributed by atoms with Crippen LogP contribution < -0.4 is 15.6 Å². The molecule has 1 amide bonds. The van der Waals surface area contributed by atoms with Crippen LogP contribution in [0, 0.1) is 0 Å². The van der Waals surface area contributed by atoms with Crippen LogP contribution >= 0.6 is 11.8 Å². The number of fused-ring (bicyclic) bond motifs is 3. The predicted octanol–water partition coefficient (Wildman–Crippen LogP) is 3.56. The van der Waals surface area contributed by atoms with Crippen LogP contribution in [0.3, 0.4) is 0 Å². The molecular weight excluding hydrogens is 564 g/mol. The maximum absolute atomic E-state index is 13.5. The number of thioether (sulfide) groups is 1. The molecule has 0 spiro atoms. The molecule has 0 atom stereocenters. The fourth-order valence-corrected chi connectivity index (χ4v) is 7.13. The number of rotatable bonds is 8. The van der Waals surface area contributed by atoms with Crippen molar-refractivity contribution in [3.05, 3.63) is 83.2 Å². The van der Waals surface area contributed by atoms with Crippen LogP contribution in [-0.2, 0) is 14.8 Å². The van der Waals surface area contributed by atoms with Gasteiger partial charge < -0.3 is 10.1 Å². The summed E-state index contributed by atoms with van der Waals surface area (Å²) < 4.78 is 35.6. The van der Waals surface area contributed by atoms with E-state index >= 15 is 0 Å². The molecule has 1 aliphatic heterocycles. The van der Waals surface area contributed by atoms with Gasteiger partial charge in [-0.2, -0.15) is 4.31 Å². The van der Waals surface area contributed by atoms with Gasteiger partial charge in [-0.3, -0.25) is 14.0 Å². The fraction of sp³-hybridized carbons (Fsp3) is 0.214. The lowest BCUT2D eigenvalue weighted by Gasteiger charge is -2.15. The monoisotopic (exact) mass is 590 g/mol. The van der Waals surface area contributed by atoms with Gasteiger partial charge in [0, 0.05) is 24.8 Å². The first-order valence-corrected chi connectivity index (χ1v) is 15.4. The first-order chi connectivity index (χ1) is 19.9. The van der Waals surface area contributed by atoms with Gasteiger partial charge in [-0.15, -0.1) is 10.2 Å². The van der Waals surface area contributed by atoms with Crippen molar-refractivity contribution in [2.75, 3.05) is 31.3 Å². The number of anilines is 1. The van der Waals surface area contributed by atoms with Gasteiger partial charge in [0.2, 0.25) is 21.7 Å². The number of nitrogens with one attached hydrogen (secondary N) is 1. The Morgan fingerprint density at radius 3 is 2.51 bits per heavy atom. The number of ether oxygens (including phenoxy) is 1. The molecule has 6 rings (SSSR count). The highest BCUT2D eigenvalue weighted by molar-refractivity contribution is 7.99. The molecule has 3 aromatic carbocycles. The molecule has 0 radical (unpaired) electrons. The maximum atomic E-state index is 13.5. The Hall–Kier alpha value is -4.20. The normalized spacial score (nSPS) is 14.1. The van der Waals surface area contributed by atoms with E-state index in [1.807, 2.05) is 12.1 Å². The third kappa shape index (κ3) is 5.07. The molecule has 2 aromatic heterocycles. The van der Waals surface area contributed by atoms with Crippen molar-refractivity contribution >= 4 is 50.1 Å². The number of carbonyl (C=O) groups excluding carboxylic acids is 1. The standard InChI is InChI=1S/C28H26N6O5S2/c1-39-21-8-6-7-20(17-21)33-26(36)23-9-2-3-10-24(23)34-27(33)30-31-28(34)40-18-25(35)29-19-11-13-22(14-12-19)41(37,38)32-15-4-5-16-32/h2-3,6-14,17H,4-5,15-16,18H2,1H3,(H,29,35). The highest BCUT2D eigenvalue weighted by Gasteiger charge is 2.27. The van der Waals surface area contributed by atoms with Crippen molar-refractivity contribution < 1.29 is 17.9 Å². The van der Waals surface area contributed by atoms with Gasteiger partial charge in [0.05, 0.1) is 34.3 Å². The SMILES string of the molecule is COc1cccc(-n2c(=O)c3ccccc3n3c(SCC(=O)Nc4ccc(S(=O)(=O)N5CCCC5)cc4)nnc23)c1. The Labute approximate surface area is 239 Å². The lowest BCUT2D eigenvalue weighted by Crippen LogP contribution is -2.27. The summed E-state index contributed by atoms with van der Waals surface area (Å²) in [6, 6.07) is 20.4. The highest BCUT2D eigenvalue weighted by Crippen LogP contribution is 2.25. The van der Waals surface area contributed by atoms with Crippen molar-refractivity contribution in [2.45, 2.75) is 22.9 Å². The van der Waals surface area contributed by atoms with Gasteiger partial charge in [-0.05, 0) is 61.4 Å². The van der Waals surface area contributed by atoms with E-state index in [1.165, 1.54) is 32.8 Å². The largest absolute Gasteiger partial charge is 0.497 e. The predicted molar refractivity (Wildman–Crippen MR) is 156 cm³/mol. The number of para-hydroxylation sites is 1. The van der Waals surface area contributed by atoms with Gasteiger partial charge in [0.25, 0.3) is 5.56 Å². The Balaban J connectivity index is 1.25. The summed E-state index contributed by atoms with van der Waals surface area (Å²) in [6.45, 7) is 1.06. The Bertz CT molecular complexity index is 1930. The summed E-state index contributed by atoms with van der Waals surface area (Å²) in [4.78, 5) is 26.5. The molecule has 5 aromatic rings. The van der Waals surface area contributed by atoms with E-state index < -0.39 is 10.0 Å². The molecular formula is C28H26N6O5S2. The number of hydrogen-bond donors (Lipinski definition) is 1. The summed E-state index contributed by atoms with van der Waals surface area (Å²) >= 11 is 1.18. The van der Waals surface area contributed by atoms with Gasteiger partial charge in [0.1, 0.15) is 5.75 Å². The van der Waals surface area contributed by atoms with E-state index in [-0.39, 0.29) is 22.1 Å². The van der Waals surface area contributed by atoms with Crippen molar-refractivity contribution in [1.82, 2.24) is 23.5 Å². The zero-order valence-corrected chi connectivity index (χ0v) is 23.7. The van der Waals surface area contributed by atoms with Gasteiger partial charge in [-0.25, -0.2) is 13.0 Å². The van der Waals surface area contributed by atoms with Crippen LogP contribution in [0.25, 0.3) is 22.4 Å². The van der Waals surface area contributed by atoms with E-state index in [2.05, 4.69) is 15.5 Å². The van der Waals surface area contributed by atoms with E-state index in [0.717, 1.165) is 12.8 Å². The van der Waals surface area contributed by atoms with Crippen LogP contribution in [0.4, 0.5) is 5.69 Å². The molecule has 1 N–H and O–H groups in total. The molecule has 1 aliphatic rings. The third-order valence-electron chi connectivity index (χ3n) is 6.88. The number of benzene rings is 3. The second-order valence-corrected chi connectivity index (χ2v) is 12.3. The van der Waals surface area contributed by atoms with E-state index in [0.29, 0.717) is 52.1 Å². The topological polar surface area (TPSA) is 128 Å².